The molecule has 0 bridgehead atoms. The summed E-state index contributed by atoms with van der Waals surface area (Å²) in [5.41, 5.74) is 2.26. The van der Waals surface area contributed by atoms with E-state index in [9.17, 15) is 4.79 Å². The van der Waals surface area contributed by atoms with Crippen molar-refractivity contribution < 1.29 is 14.6 Å². The standard InChI is InChI=1S/C16H17NO3/c1-20-11-15(12-5-3-2-4-6-12)17-14-9-7-13(8-10-14)16(18)19/h2-10,15,17H,11H2,1H3,(H,18,19). The summed E-state index contributed by atoms with van der Waals surface area (Å²) in [6, 6.07) is 16.7. The second-order valence-electron chi connectivity index (χ2n) is 4.45. The molecule has 0 spiro atoms. The van der Waals surface area contributed by atoms with Gasteiger partial charge in [0.2, 0.25) is 0 Å². The highest BCUT2D eigenvalue weighted by Crippen LogP contribution is 2.20. The summed E-state index contributed by atoms with van der Waals surface area (Å²) >= 11 is 0. The molecule has 0 heterocycles. The summed E-state index contributed by atoms with van der Waals surface area (Å²) in [4.78, 5) is 10.8. The minimum Gasteiger partial charge on any atom is -0.478 e. The molecular formula is C16H17NO3. The zero-order valence-corrected chi connectivity index (χ0v) is 11.2. The quantitative estimate of drug-likeness (QED) is 0.847. The van der Waals surface area contributed by atoms with E-state index in [0.29, 0.717) is 6.61 Å². The maximum absolute atomic E-state index is 10.8. The van der Waals surface area contributed by atoms with Gasteiger partial charge >= 0.3 is 5.97 Å². The van der Waals surface area contributed by atoms with Crippen LogP contribution in [0.3, 0.4) is 0 Å². The van der Waals surface area contributed by atoms with Gasteiger partial charge in [-0.25, -0.2) is 4.79 Å². The summed E-state index contributed by atoms with van der Waals surface area (Å²) in [7, 11) is 1.66. The number of aromatic carboxylic acids is 1. The van der Waals surface area contributed by atoms with Gasteiger partial charge in [-0.05, 0) is 29.8 Å². The van der Waals surface area contributed by atoms with Crippen molar-refractivity contribution in [3.63, 3.8) is 0 Å². The number of nitrogens with one attached hydrogen (secondary N) is 1. The number of benzene rings is 2. The lowest BCUT2D eigenvalue weighted by Crippen LogP contribution is -2.16. The Morgan fingerprint density at radius 1 is 1.15 bits per heavy atom. The summed E-state index contributed by atoms with van der Waals surface area (Å²) in [6.45, 7) is 0.532. The number of hydrogen-bond donors (Lipinski definition) is 2. The number of hydrogen-bond acceptors (Lipinski definition) is 3. The molecule has 1 unspecified atom stereocenters. The molecule has 0 aliphatic heterocycles. The van der Waals surface area contributed by atoms with Crippen LogP contribution in [0.4, 0.5) is 5.69 Å². The maximum Gasteiger partial charge on any atom is 0.335 e. The Kier molecular flexibility index (Phi) is 4.74. The van der Waals surface area contributed by atoms with Crippen LogP contribution in [0.25, 0.3) is 0 Å². The van der Waals surface area contributed by atoms with Crippen molar-refractivity contribution in [3.8, 4) is 0 Å². The predicted molar refractivity (Wildman–Crippen MR) is 78.1 cm³/mol. The van der Waals surface area contributed by atoms with Crippen molar-refractivity contribution in [1.82, 2.24) is 0 Å². The van der Waals surface area contributed by atoms with Gasteiger partial charge < -0.3 is 15.2 Å². The van der Waals surface area contributed by atoms with E-state index in [4.69, 9.17) is 9.84 Å². The van der Waals surface area contributed by atoms with E-state index in [1.54, 1.807) is 31.4 Å². The third-order valence-electron chi connectivity index (χ3n) is 3.01. The normalized spacial score (nSPS) is 11.8. The summed E-state index contributed by atoms with van der Waals surface area (Å²) < 4.78 is 5.24. The van der Waals surface area contributed by atoms with Gasteiger partial charge in [0, 0.05) is 12.8 Å². The van der Waals surface area contributed by atoms with E-state index in [2.05, 4.69) is 5.32 Å². The van der Waals surface area contributed by atoms with Crippen LogP contribution in [-0.2, 0) is 4.74 Å². The SMILES string of the molecule is COCC(Nc1ccc(C(=O)O)cc1)c1ccccc1. The monoisotopic (exact) mass is 271 g/mol. The molecule has 0 radical (unpaired) electrons. The van der Waals surface area contributed by atoms with Crippen molar-refractivity contribution in [3.05, 3.63) is 65.7 Å². The van der Waals surface area contributed by atoms with Gasteiger partial charge in [-0.15, -0.1) is 0 Å². The topological polar surface area (TPSA) is 58.6 Å². The first-order valence-corrected chi connectivity index (χ1v) is 6.34. The van der Waals surface area contributed by atoms with E-state index in [-0.39, 0.29) is 11.6 Å². The molecule has 0 fully saturated rings. The number of carboxylic acid groups (broad SMARTS) is 1. The van der Waals surface area contributed by atoms with Crippen LogP contribution < -0.4 is 5.32 Å². The lowest BCUT2D eigenvalue weighted by molar-refractivity contribution is 0.0697. The van der Waals surface area contributed by atoms with E-state index in [0.717, 1.165) is 11.3 Å². The van der Waals surface area contributed by atoms with E-state index >= 15 is 0 Å². The van der Waals surface area contributed by atoms with Crippen molar-refractivity contribution in [2.75, 3.05) is 19.0 Å². The lowest BCUT2D eigenvalue weighted by atomic mass is 10.1. The van der Waals surface area contributed by atoms with Gasteiger partial charge in [0.1, 0.15) is 0 Å². The number of ether oxygens (including phenoxy) is 1. The first kappa shape index (κ1) is 14.1. The van der Waals surface area contributed by atoms with E-state index < -0.39 is 5.97 Å². The fourth-order valence-corrected chi connectivity index (χ4v) is 1.98. The molecule has 4 nitrogen and oxygen atoms in total. The molecule has 0 aromatic heterocycles. The Balaban J connectivity index is 2.14. The van der Waals surface area contributed by atoms with E-state index in [1.807, 2.05) is 30.3 Å². The number of anilines is 1. The Hall–Kier alpha value is -2.33. The van der Waals surface area contributed by atoms with Gasteiger partial charge in [0.25, 0.3) is 0 Å². The molecule has 0 saturated heterocycles. The molecule has 0 saturated carbocycles. The average Bonchev–Trinajstić information content (AvgIpc) is 2.48. The number of carbonyl (C=O) groups is 1. The Morgan fingerprint density at radius 3 is 2.35 bits per heavy atom. The first-order chi connectivity index (χ1) is 9.70. The molecule has 2 aromatic carbocycles. The van der Waals surface area contributed by atoms with Gasteiger partial charge in [-0.1, -0.05) is 30.3 Å². The lowest BCUT2D eigenvalue weighted by Gasteiger charge is -2.19. The van der Waals surface area contributed by atoms with Crippen LogP contribution in [0.15, 0.2) is 54.6 Å². The summed E-state index contributed by atoms with van der Waals surface area (Å²) in [5.74, 6) is -0.923. The van der Waals surface area contributed by atoms with Crippen LogP contribution in [0.1, 0.15) is 22.0 Å². The molecule has 0 aliphatic carbocycles. The van der Waals surface area contributed by atoms with Crippen molar-refractivity contribution in [1.29, 1.82) is 0 Å². The predicted octanol–water partition coefficient (Wildman–Crippen LogP) is 3.18. The second kappa shape index (κ2) is 6.73. The fraction of sp³-hybridized carbons (Fsp3) is 0.188. The van der Waals surface area contributed by atoms with Crippen LogP contribution >= 0.6 is 0 Å². The molecule has 2 rings (SSSR count). The van der Waals surface area contributed by atoms with Crippen LogP contribution in [0.5, 0.6) is 0 Å². The summed E-state index contributed by atoms with van der Waals surface area (Å²) in [6.07, 6.45) is 0. The highest BCUT2D eigenvalue weighted by molar-refractivity contribution is 5.88. The van der Waals surface area contributed by atoms with Gasteiger partial charge in [0.05, 0.1) is 18.2 Å². The molecule has 2 N–H and O–H groups in total. The molecule has 0 aliphatic rings. The minimum absolute atomic E-state index is 0.0249. The zero-order valence-electron chi connectivity index (χ0n) is 11.2. The first-order valence-electron chi connectivity index (χ1n) is 6.34. The van der Waals surface area contributed by atoms with Crippen molar-refractivity contribution >= 4 is 11.7 Å². The fourth-order valence-electron chi connectivity index (χ4n) is 1.98. The Bertz CT molecular complexity index is 552. The molecule has 20 heavy (non-hydrogen) atoms. The van der Waals surface area contributed by atoms with Crippen molar-refractivity contribution in [2.24, 2.45) is 0 Å². The third-order valence-corrected chi connectivity index (χ3v) is 3.01. The highest BCUT2D eigenvalue weighted by Gasteiger charge is 2.11. The van der Waals surface area contributed by atoms with Crippen LogP contribution in [0, 0.1) is 0 Å². The molecule has 1 atom stereocenters. The smallest absolute Gasteiger partial charge is 0.335 e. The molecular weight excluding hydrogens is 254 g/mol. The summed E-state index contributed by atoms with van der Waals surface area (Å²) in [5, 5.41) is 12.2. The number of carboxylic acids is 1. The number of rotatable bonds is 6. The van der Waals surface area contributed by atoms with Gasteiger partial charge in [-0.3, -0.25) is 0 Å². The molecule has 104 valence electrons. The van der Waals surface area contributed by atoms with Gasteiger partial charge in [-0.2, -0.15) is 0 Å². The maximum atomic E-state index is 10.8. The zero-order chi connectivity index (χ0) is 14.4. The Labute approximate surface area is 118 Å². The third kappa shape index (κ3) is 3.59. The molecule has 0 amide bonds. The van der Waals surface area contributed by atoms with Crippen LogP contribution in [0.2, 0.25) is 0 Å². The minimum atomic E-state index is -0.923. The van der Waals surface area contributed by atoms with Crippen molar-refractivity contribution in [2.45, 2.75) is 6.04 Å². The largest absolute Gasteiger partial charge is 0.478 e. The Morgan fingerprint density at radius 2 is 1.80 bits per heavy atom. The van der Waals surface area contributed by atoms with Crippen LogP contribution in [-0.4, -0.2) is 24.8 Å². The van der Waals surface area contributed by atoms with Gasteiger partial charge in [0.15, 0.2) is 0 Å². The van der Waals surface area contributed by atoms with E-state index in [1.165, 1.54) is 0 Å². The second-order valence-corrected chi connectivity index (χ2v) is 4.45. The number of methoxy groups -OCH3 is 1. The molecule has 4 heteroatoms. The molecule has 2 aromatic rings. The highest BCUT2D eigenvalue weighted by atomic mass is 16.5. The average molecular weight is 271 g/mol.